The Morgan fingerprint density at radius 1 is 0.793 bits per heavy atom. The highest BCUT2D eigenvalue weighted by Gasteiger charge is 2.35. The summed E-state index contributed by atoms with van der Waals surface area (Å²) in [6.45, 7) is 2.95. The van der Waals surface area contributed by atoms with Crippen molar-refractivity contribution in [2.24, 2.45) is 17.8 Å². The number of anilines is 3. The molecular formula is C27H27NO. The largest absolute Gasteiger partial charge is 0.493 e. The van der Waals surface area contributed by atoms with Gasteiger partial charge in [-0.15, -0.1) is 0 Å². The molecule has 3 aromatic carbocycles. The van der Waals surface area contributed by atoms with Crippen LogP contribution in [-0.2, 0) is 0 Å². The average Bonchev–Trinajstić information content (AvgIpc) is 3.37. The van der Waals surface area contributed by atoms with Crippen molar-refractivity contribution in [2.45, 2.75) is 19.8 Å². The van der Waals surface area contributed by atoms with Crippen LogP contribution in [0.5, 0.6) is 5.75 Å². The summed E-state index contributed by atoms with van der Waals surface area (Å²) in [4.78, 5) is 2.29. The normalized spacial score (nSPS) is 22.0. The summed E-state index contributed by atoms with van der Waals surface area (Å²) < 4.78 is 6.27. The summed E-state index contributed by atoms with van der Waals surface area (Å²) in [6, 6.07) is 27.7. The highest BCUT2D eigenvalue weighted by molar-refractivity contribution is 5.77. The van der Waals surface area contributed by atoms with E-state index in [0.29, 0.717) is 5.92 Å². The molecule has 1 fully saturated rings. The monoisotopic (exact) mass is 381 g/mol. The maximum atomic E-state index is 6.27. The third kappa shape index (κ3) is 3.80. The lowest BCUT2D eigenvalue weighted by Gasteiger charge is -2.26. The SMILES string of the molecule is Cc1cccc(N(c2ccccc2)c2cccc(OCC3CC4C=CC3C4)c2)c1. The lowest BCUT2D eigenvalue weighted by atomic mass is 9.95. The van der Waals surface area contributed by atoms with Crippen molar-refractivity contribution < 1.29 is 4.74 Å². The lowest BCUT2D eigenvalue weighted by molar-refractivity contribution is 0.228. The van der Waals surface area contributed by atoms with Crippen LogP contribution < -0.4 is 9.64 Å². The molecule has 0 saturated heterocycles. The number of allylic oxidation sites excluding steroid dienone is 2. The highest BCUT2D eigenvalue weighted by Crippen LogP contribution is 2.43. The van der Waals surface area contributed by atoms with Crippen LogP contribution in [0.15, 0.2) is 91.0 Å². The van der Waals surface area contributed by atoms with Crippen LogP contribution in [0.3, 0.4) is 0 Å². The Labute approximate surface area is 173 Å². The molecule has 0 spiro atoms. The molecule has 2 aliphatic carbocycles. The third-order valence-electron chi connectivity index (χ3n) is 6.23. The van der Waals surface area contributed by atoms with Gasteiger partial charge >= 0.3 is 0 Å². The smallest absolute Gasteiger partial charge is 0.121 e. The van der Waals surface area contributed by atoms with E-state index in [1.165, 1.54) is 18.4 Å². The first kappa shape index (κ1) is 18.1. The summed E-state index contributed by atoms with van der Waals surface area (Å²) >= 11 is 0. The van der Waals surface area contributed by atoms with E-state index in [1.807, 2.05) is 0 Å². The zero-order valence-electron chi connectivity index (χ0n) is 16.9. The predicted molar refractivity (Wildman–Crippen MR) is 120 cm³/mol. The maximum Gasteiger partial charge on any atom is 0.121 e. The maximum absolute atomic E-state index is 6.27. The molecule has 3 aromatic rings. The Morgan fingerprint density at radius 3 is 2.28 bits per heavy atom. The lowest BCUT2D eigenvalue weighted by Crippen LogP contribution is -2.16. The number of rotatable bonds is 6. The number of hydrogen-bond donors (Lipinski definition) is 0. The van der Waals surface area contributed by atoms with E-state index >= 15 is 0 Å². The number of aryl methyl sites for hydroxylation is 1. The third-order valence-corrected chi connectivity index (χ3v) is 6.23. The molecule has 0 N–H and O–H groups in total. The minimum absolute atomic E-state index is 0.663. The number of fused-ring (bicyclic) bond motifs is 2. The van der Waals surface area contributed by atoms with Gasteiger partial charge in [0, 0.05) is 23.1 Å². The van der Waals surface area contributed by atoms with Crippen molar-refractivity contribution in [2.75, 3.05) is 11.5 Å². The minimum Gasteiger partial charge on any atom is -0.493 e. The molecule has 146 valence electrons. The van der Waals surface area contributed by atoms with Crippen molar-refractivity contribution in [3.8, 4) is 5.75 Å². The quantitative estimate of drug-likeness (QED) is 0.424. The minimum atomic E-state index is 0.663. The highest BCUT2D eigenvalue weighted by atomic mass is 16.5. The molecule has 3 atom stereocenters. The number of para-hydroxylation sites is 1. The Balaban J connectivity index is 1.42. The summed E-state index contributed by atoms with van der Waals surface area (Å²) in [7, 11) is 0. The van der Waals surface area contributed by atoms with Crippen molar-refractivity contribution in [3.05, 3.63) is 96.6 Å². The fourth-order valence-corrected chi connectivity index (χ4v) is 4.79. The Morgan fingerprint density at radius 2 is 1.55 bits per heavy atom. The second-order valence-electron chi connectivity index (χ2n) is 8.36. The van der Waals surface area contributed by atoms with Crippen LogP contribution in [0, 0.1) is 24.7 Å². The Hall–Kier alpha value is -3.00. The molecule has 29 heavy (non-hydrogen) atoms. The first-order valence-corrected chi connectivity index (χ1v) is 10.6. The molecule has 3 unspecified atom stereocenters. The average molecular weight is 382 g/mol. The van der Waals surface area contributed by atoms with Crippen molar-refractivity contribution >= 4 is 17.1 Å². The van der Waals surface area contributed by atoms with Crippen LogP contribution >= 0.6 is 0 Å². The number of hydrogen-bond acceptors (Lipinski definition) is 2. The van der Waals surface area contributed by atoms with Gasteiger partial charge in [0.25, 0.3) is 0 Å². The molecule has 0 aromatic heterocycles. The Kier molecular flexibility index (Phi) is 4.85. The van der Waals surface area contributed by atoms with E-state index in [1.54, 1.807) is 0 Å². The van der Waals surface area contributed by atoms with Crippen LogP contribution in [0.4, 0.5) is 17.1 Å². The fraction of sp³-hybridized carbons (Fsp3) is 0.259. The van der Waals surface area contributed by atoms with Gasteiger partial charge in [-0.2, -0.15) is 0 Å². The van der Waals surface area contributed by atoms with Gasteiger partial charge in [-0.1, -0.05) is 48.6 Å². The van der Waals surface area contributed by atoms with E-state index in [-0.39, 0.29) is 0 Å². The van der Waals surface area contributed by atoms with Gasteiger partial charge in [-0.05, 0) is 79.5 Å². The topological polar surface area (TPSA) is 12.5 Å². The van der Waals surface area contributed by atoms with Gasteiger partial charge in [0.15, 0.2) is 0 Å². The molecule has 2 nitrogen and oxygen atoms in total. The zero-order chi connectivity index (χ0) is 19.6. The van der Waals surface area contributed by atoms with Gasteiger partial charge in [0.05, 0.1) is 6.61 Å². The van der Waals surface area contributed by atoms with Crippen LogP contribution in [0.25, 0.3) is 0 Å². The second kappa shape index (κ2) is 7.79. The molecule has 1 saturated carbocycles. The molecule has 5 rings (SSSR count). The van der Waals surface area contributed by atoms with Gasteiger partial charge < -0.3 is 9.64 Å². The molecule has 0 aliphatic heterocycles. The summed E-state index contributed by atoms with van der Waals surface area (Å²) in [5, 5.41) is 0. The van der Waals surface area contributed by atoms with Crippen molar-refractivity contribution in [1.29, 1.82) is 0 Å². The summed E-state index contributed by atoms with van der Waals surface area (Å²) in [5.41, 5.74) is 4.67. The molecule has 2 bridgehead atoms. The first-order chi connectivity index (χ1) is 14.3. The first-order valence-electron chi connectivity index (χ1n) is 10.6. The van der Waals surface area contributed by atoms with E-state index < -0.39 is 0 Å². The number of ether oxygens (including phenoxy) is 1. The van der Waals surface area contributed by atoms with E-state index in [0.717, 1.165) is 41.3 Å². The Bertz CT molecular complexity index is 1010. The van der Waals surface area contributed by atoms with Gasteiger partial charge in [-0.3, -0.25) is 0 Å². The van der Waals surface area contributed by atoms with Crippen molar-refractivity contribution in [1.82, 2.24) is 0 Å². The summed E-state index contributed by atoms with van der Waals surface area (Å²) in [6.07, 6.45) is 7.39. The second-order valence-corrected chi connectivity index (χ2v) is 8.36. The molecule has 0 amide bonds. The van der Waals surface area contributed by atoms with Crippen LogP contribution in [0.2, 0.25) is 0 Å². The van der Waals surface area contributed by atoms with Gasteiger partial charge in [-0.25, -0.2) is 0 Å². The van der Waals surface area contributed by atoms with Crippen LogP contribution in [0.1, 0.15) is 18.4 Å². The van der Waals surface area contributed by atoms with Crippen LogP contribution in [-0.4, -0.2) is 6.61 Å². The zero-order valence-corrected chi connectivity index (χ0v) is 16.9. The summed E-state index contributed by atoms with van der Waals surface area (Å²) in [5.74, 6) is 3.12. The molecule has 2 aliphatic rings. The molecule has 0 heterocycles. The molecular weight excluding hydrogens is 354 g/mol. The van der Waals surface area contributed by atoms with E-state index in [2.05, 4.69) is 103 Å². The van der Waals surface area contributed by atoms with Gasteiger partial charge in [0.1, 0.15) is 5.75 Å². The fourth-order valence-electron chi connectivity index (χ4n) is 4.79. The van der Waals surface area contributed by atoms with Gasteiger partial charge in [0.2, 0.25) is 0 Å². The van der Waals surface area contributed by atoms with E-state index in [4.69, 9.17) is 4.74 Å². The number of nitrogens with zero attached hydrogens (tertiary/aromatic N) is 1. The predicted octanol–water partition coefficient (Wildman–Crippen LogP) is 7.06. The molecule has 2 heteroatoms. The molecule has 0 radical (unpaired) electrons. The number of benzene rings is 3. The van der Waals surface area contributed by atoms with E-state index in [9.17, 15) is 0 Å². The standard InChI is InChI=1S/C27H27NO/c1-20-7-5-10-25(15-20)28(24-8-3-2-4-9-24)26-11-6-12-27(18-26)29-19-23-17-21-13-14-22(23)16-21/h2-15,18,21-23H,16-17,19H2,1H3. The van der Waals surface area contributed by atoms with Crippen molar-refractivity contribution in [3.63, 3.8) is 0 Å².